The first kappa shape index (κ1) is 25.3. The fourth-order valence-corrected chi connectivity index (χ4v) is 6.75. The number of carbonyl (C=O) groups is 1. The van der Waals surface area contributed by atoms with Gasteiger partial charge in [-0.1, -0.05) is 30.3 Å². The Labute approximate surface area is 202 Å². The molecule has 2 aliphatic rings. The lowest BCUT2D eigenvalue weighted by Crippen LogP contribution is -2.41. The zero-order valence-corrected chi connectivity index (χ0v) is 20.0. The van der Waals surface area contributed by atoms with Gasteiger partial charge in [-0.2, -0.15) is 13.2 Å². The van der Waals surface area contributed by atoms with E-state index in [1.165, 1.54) is 0 Å². The van der Waals surface area contributed by atoms with Crippen molar-refractivity contribution >= 4 is 21.7 Å². The van der Waals surface area contributed by atoms with Crippen LogP contribution in [0.4, 0.5) is 23.8 Å². The topological polar surface area (TPSA) is 79.8 Å². The zero-order valence-electron chi connectivity index (χ0n) is 19.2. The number of hydrogen-bond acceptors (Lipinski definition) is 6. The van der Waals surface area contributed by atoms with Gasteiger partial charge in [0, 0.05) is 32.4 Å². The molecule has 3 heterocycles. The van der Waals surface area contributed by atoms with Crippen molar-refractivity contribution in [3.63, 3.8) is 0 Å². The van der Waals surface area contributed by atoms with Crippen LogP contribution in [0.15, 0.2) is 48.7 Å². The standard InChI is InChI=1S/C24H28F3N3O4S/c25-24(26,27)20-6-10-28-22(14-20)29-12-8-21(9-13-29)35(32,33)17-19-7-11-30(15-19)23(31)34-16-18-4-2-1-3-5-18/h1-6,10,14,19,21H,7-9,11-13,15-17H2. The van der Waals surface area contributed by atoms with Crippen LogP contribution >= 0.6 is 0 Å². The number of amides is 1. The highest BCUT2D eigenvalue weighted by Crippen LogP contribution is 2.32. The van der Waals surface area contributed by atoms with Crippen molar-refractivity contribution in [2.24, 2.45) is 5.92 Å². The minimum absolute atomic E-state index is 0.0120. The van der Waals surface area contributed by atoms with Crippen LogP contribution in [0.2, 0.25) is 0 Å². The third-order valence-corrected chi connectivity index (χ3v) is 8.99. The van der Waals surface area contributed by atoms with E-state index in [1.54, 1.807) is 9.80 Å². The second kappa shape index (κ2) is 10.4. The lowest BCUT2D eigenvalue weighted by Gasteiger charge is -2.33. The Hall–Kier alpha value is -2.82. The van der Waals surface area contributed by atoms with E-state index in [-0.39, 0.29) is 24.1 Å². The molecule has 1 aromatic carbocycles. The van der Waals surface area contributed by atoms with Crippen molar-refractivity contribution in [2.45, 2.75) is 37.3 Å². The lowest BCUT2D eigenvalue weighted by atomic mass is 10.1. The molecule has 0 radical (unpaired) electrons. The number of rotatable bonds is 6. The summed E-state index contributed by atoms with van der Waals surface area (Å²) in [6.07, 6.45) is -2.53. The van der Waals surface area contributed by atoms with Gasteiger partial charge in [-0.3, -0.25) is 0 Å². The molecular weight excluding hydrogens is 483 g/mol. The van der Waals surface area contributed by atoms with Crippen LogP contribution in [0.3, 0.4) is 0 Å². The molecule has 2 aliphatic heterocycles. The predicted octanol–water partition coefficient (Wildman–Crippen LogP) is 4.14. The predicted molar refractivity (Wildman–Crippen MR) is 125 cm³/mol. The summed E-state index contributed by atoms with van der Waals surface area (Å²) in [6.45, 7) is 1.59. The summed E-state index contributed by atoms with van der Waals surface area (Å²) in [7, 11) is -3.41. The number of anilines is 1. The monoisotopic (exact) mass is 511 g/mol. The molecule has 0 spiro atoms. The molecule has 190 valence electrons. The third kappa shape index (κ3) is 6.45. The van der Waals surface area contributed by atoms with Crippen LogP contribution in [-0.4, -0.2) is 61.6 Å². The number of likely N-dealkylation sites (tertiary alicyclic amines) is 1. The second-order valence-corrected chi connectivity index (χ2v) is 11.4. The van der Waals surface area contributed by atoms with Gasteiger partial charge in [0.15, 0.2) is 9.84 Å². The highest BCUT2D eigenvalue weighted by molar-refractivity contribution is 7.92. The minimum Gasteiger partial charge on any atom is -0.445 e. The van der Waals surface area contributed by atoms with E-state index in [2.05, 4.69) is 4.98 Å². The average molecular weight is 512 g/mol. The van der Waals surface area contributed by atoms with Crippen LogP contribution in [0.25, 0.3) is 0 Å². The van der Waals surface area contributed by atoms with E-state index >= 15 is 0 Å². The summed E-state index contributed by atoms with van der Waals surface area (Å²) in [4.78, 5) is 19.6. The first-order valence-corrected chi connectivity index (χ1v) is 13.3. The van der Waals surface area contributed by atoms with Crippen LogP contribution in [0.1, 0.15) is 30.4 Å². The molecule has 2 fully saturated rings. The maximum absolute atomic E-state index is 13.0. The average Bonchev–Trinajstić information content (AvgIpc) is 3.31. The normalized spacial score (nSPS) is 19.7. The summed E-state index contributed by atoms with van der Waals surface area (Å²) in [5.74, 6) is 0.0330. The second-order valence-electron chi connectivity index (χ2n) is 9.06. The van der Waals surface area contributed by atoms with Crippen LogP contribution in [0.5, 0.6) is 0 Å². The minimum atomic E-state index is -4.46. The van der Waals surface area contributed by atoms with Crippen molar-refractivity contribution in [3.8, 4) is 0 Å². The number of halogens is 3. The molecule has 2 aromatic rings. The quantitative estimate of drug-likeness (QED) is 0.580. The Kier molecular flexibility index (Phi) is 7.53. The van der Waals surface area contributed by atoms with Crippen molar-refractivity contribution in [2.75, 3.05) is 36.8 Å². The summed E-state index contributed by atoms with van der Waals surface area (Å²) in [6, 6.07) is 11.2. The van der Waals surface area contributed by atoms with Gasteiger partial charge in [0.2, 0.25) is 0 Å². The molecule has 0 N–H and O–H groups in total. The SMILES string of the molecule is O=C(OCc1ccccc1)N1CCC(CS(=O)(=O)C2CCN(c3cc(C(F)(F)F)ccn3)CC2)C1. The number of piperidine rings is 1. The van der Waals surface area contributed by atoms with E-state index in [0.29, 0.717) is 45.4 Å². The maximum Gasteiger partial charge on any atom is 0.416 e. The maximum atomic E-state index is 13.0. The van der Waals surface area contributed by atoms with E-state index < -0.39 is 32.9 Å². The lowest BCUT2D eigenvalue weighted by molar-refractivity contribution is -0.137. The van der Waals surface area contributed by atoms with Gasteiger partial charge in [0.25, 0.3) is 0 Å². The number of nitrogens with zero attached hydrogens (tertiary/aromatic N) is 3. The molecule has 1 atom stereocenters. The highest BCUT2D eigenvalue weighted by Gasteiger charge is 2.36. The Morgan fingerprint density at radius 2 is 1.77 bits per heavy atom. The Morgan fingerprint density at radius 1 is 1.06 bits per heavy atom. The van der Waals surface area contributed by atoms with Crippen LogP contribution in [-0.2, 0) is 27.4 Å². The molecule has 0 aliphatic carbocycles. The number of aromatic nitrogens is 1. The number of benzene rings is 1. The number of ether oxygens (including phenoxy) is 1. The summed E-state index contributed by atoms with van der Waals surface area (Å²) >= 11 is 0. The largest absolute Gasteiger partial charge is 0.445 e. The molecule has 1 unspecified atom stereocenters. The molecule has 35 heavy (non-hydrogen) atoms. The van der Waals surface area contributed by atoms with Crippen molar-refractivity contribution in [3.05, 3.63) is 59.8 Å². The Balaban J connectivity index is 1.26. The van der Waals surface area contributed by atoms with Gasteiger partial charge < -0.3 is 14.5 Å². The van der Waals surface area contributed by atoms with E-state index in [4.69, 9.17) is 4.74 Å². The number of alkyl halides is 3. The van der Waals surface area contributed by atoms with Gasteiger partial charge in [-0.25, -0.2) is 18.2 Å². The fourth-order valence-electron chi connectivity index (χ4n) is 4.62. The van der Waals surface area contributed by atoms with Crippen LogP contribution < -0.4 is 4.90 Å². The van der Waals surface area contributed by atoms with Gasteiger partial charge in [-0.15, -0.1) is 0 Å². The first-order valence-electron chi connectivity index (χ1n) is 11.6. The summed E-state index contributed by atoms with van der Waals surface area (Å²) in [5.41, 5.74) is 0.108. The molecule has 1 aromatic heterocycles. The molecule has 1 amide bonds. The molecule has 0 bridgehead atoms. The van der Waals surface area contributed by atoms with Crippen molar-refractivity contribution < 1.29 is 31.1 Å². The van der Waals surface area contributed by atoms with Gasteiger partial charge >= 0.3 is 12.3 Å². The van der Waals surface area contributed by atoms with E-state index in [0.717, 1.165) is 23.9 Å². The van der Waals surface area contributed by atoms with Gasteiger partial charge in [-0.05, 0) is 42.9 Å². The Morgan fingerprint density at radius 3 is 2.46 bits per heavy atom. The number of hydrogen-bond donors (Lipinski definition) is 0. The van der Waals surface area contributed by atoms with Crippen molar-refractivity contribution in [1.29, 1.82) is 0 Å². The van der Waals surface area contributed by atoms with Crippen LogP contribution in [0, 0.1) is 5.92 Å². The third-order valence-electron chi connectivity index (χ3n) is 6.56. The molecule has 11 heteroatoms. The van der Waals surface area contributed by atoms with Gasteiger partial charge in [0.05, 0.1) is 16.6 Å². The molecule has 0 saturated carbocycles. The number of sulfone groups is 1. The van der Waals surface area contributed by atoms with E-state index in [9.17, 15) is 26.4 Å². The van der Waals surface area contributed by atoms with Crippen molar-refractivity contribution in [1.82, 2.24) is 9.88 Å². The number of carbonyl (C=O) groups excluding carboxylic acids is 1. The molecule has 2 saturated heterocycles. The number of pyridine rings is 1. The summed E-state index contributed by atoms with van der Waals surface area (Å²) < 4.78 is 70.4. The zero-order chi connectivity index (χ0) is 25.1. The Bertz CT molecular complexity index is 1120. The fraction of sp³-hybridized carbons (Fsp3) is 0.500. The smallest absolute Gasteiger partial charge is 0.416 e. The van der Waals surface area contributed by atoms with Gasteiger partial charge in [0.1, 0.15) is 12.4 Å². The summed E-state index contributed by atoms with van der Waals surface area (Å²) in [5, 5.41) is -0.552. The molecule has 7 nitrogen and oxygen atoms in total. The molecule has 4 rings (SSSR count). The molecular formula is C24H28F3N3O4S. The first-order chi connectivity index (χ1) is 16.6. The van der Waals surface area contributed by atoms with E-state index in [1.807, 2.05) is 30.3 Å². The highest BCUT2D eigenvalue weighted by atomic mass is 32.2.